The van der Waals surface area contributed by atoms with Gasteiger partial charge in [-0.1, -0.05) is 12.1 Å². The summed E-state index contributed by atoms with van der Waals surface area (Å²) in [5.74, 6) is -0.536. The minimum atomic E-state index is -2.73. The molecule has 110 valence electrons. The summed E-state index contributed by atoms with van der Waals surface area (Å²) < 4.78 is 36.5. The van der Waals surface area contributed by atoms with Crippen molar-refractivity contribution in [1.29, 1.82) is 0 Å². The molecule has 2 rings (SSSR count). The van der Waals surface area contributed by atoms with Gasteiger partial charge in [-0.2, -0.15) is 0 Å². The quantitative estimate of drug-likeness (QED) is 0.654. The van der Waals surface area contributed by atoms with E-state index < -0.39 is 22.7 Å². The first-order valence-electron chi connectivity index (χ1n) is 5.88. The lowest BCUT2D eigenvalue weighted by Gasteiger charge is -2.08. The first-order valence-corrected chi connectivity index (χ1v) is 7.06. The van der Waals surface area contributed by atoms with Crippen LogP contribution >= 0.6 is 0 Å². The van der Waals surface area contributed by atoms with Crippen LogP contribution in [0.1, 0.15) is 0 Å². The molecule has 0 fully saturated rings. The number of carbonyl (C=O) groups excluding carboxylic acids is 1. The second kappa shape index (κ2) is 6.71. The van der Waals surface area contributed by atoms with Gasteiger partial charge in [0, 0.05) is 11.4 Å². The molecule has 0 aliphatic heterocycles. The number of halogens is 1. The molecule has 0 spiro atoms. The number of para-hydroxylation sites is 1. The molecular formula is C13H12FN3O3S. The number of hydrogen-bond donors (Lipinski definition) is 4. The number of carbonyl (C=O) groups is 1. The van der Waals surface area contributed by atoms with Crippen LogP contribution in [0.4, 0.5) is 26.2 Å². The van der Waals surface area contributed by atoms with Crippen molar-refractivity contribution in [3.05, 3.63) is 54.3 Å². The molecular weight excluding hydrogens is 297 g/mol. The lowest BCUT2D eigenvalue weighted by molar-refractivity contribution is 0.262. The first-order chi connectivity index (χ1) is 10.0. The molecule has 3 N–H and O–H groups in total. The van der Waals surface area contributed by atoms with E-state index in [9.17, 15) is 17.6 Å². The van der Waals surface area contributed by atoms with E-state index in [0.29, 0.717) is 11.4 Å². The van der Waals surface area contributed by atoms with Crippen molar-refractivity contribution < 1.29 is 17.6 Å². The Morgan fingerprint density at radius 3 is 2.14 bits per heavy atom. The van der Waals surface area contributed by atoms with Crippen LogP contribution in [0.5, 0.6) is 0 Å². The van der Waals surface area contributed by atoms with E-state index in [1.807, 2.05) is 0 Å². The summed E-state index contributed by atoms with van der Waals surface area (Å²) in [6.07, 6.45) is 0. The summed E-state index contributed by atoms with van der Waals surface area (Å²) in [6, 6.07) is 11.2. The van der Waals surface area contributed by atoms with Crippen LogP contribution in [0.25, 0.3) is 0 Å². The van der Waals surface area contributed by atoms with E-state index in [1.165, 1.54) is 42.5 Å². The lowest BCUT2D eigenvalue weighted by atomic mass is 10.3. The van der Waals surface area contributed by atoms with E-state index >= 15 is 0 Å². The number of benzene rings is 2. The van der Waals surface area contributed by atoms with Gasteiger partial charge in [0.1, 0.15) is 5.82 Å². The molecule has 0 saturated carbocycles. The highest BCUT2D eigenvalue weighted by Crippen LogP contribution is 2.15. The molecule has 2 aromatic rings. The van der Waals surface area contributed by atoms with Crippen molar-refractivity contribution in [3.8, 4) is 0 Å². The normalized spacial score (nSPS) is 10.2. The molecule has 0 aliphatic rings. The third-order valence-electron chi connectivity index (χ3n) is 2.49. The molecule has 0 bridgehead atoms. The molecule has 0 radical (unpaired) electrons. The number of amides is 2. The van der Waals surface area contributed by atoms with Gasteiger partial charge in [-0.25, -0.2) is 17.6 Å². The maximum atomic E-state index is 13.4. The van der Waals surface area contributed by atoms with Crippen LogP contribution in [0, 0.1) is 5.82 Å². The van der Waals surface area contributed by atoms with Gasteiger partial charge in [0.25, 0.3) is 0 Å². The molecule has 8 heteroatoms. The van der Waals surface area contributed by atoms with Crippen molar-refractivity contribution in [2.45, 2.75) is 0 Å². The van der Waals surface area contributed by atoms with Gasteiger partial charge >= 0.3 is 6.03 Å². The number of anilines is 3. The average molecular weight is 309 g/mol. The summed E-state index contributed by atoms with van der Waals surface area (Å²) in [6.45, 7) is 0. The Morgan fingerprint density at radius 2 is 1.52 bits per heavy atom. The van der Waals surface area contributed by atoms with E-state index in [4.69, 9.17) is 0 Å². The number of rotatable bonds is 4. The SMILES string of the molecule is O=C(Nc1ccc(N[SH](=O)=O)cc1)Nc1ccccc1F. The van der Waals surface area contributed by atoms with Gasteiger partial charge in [0.15, 0.2) is 0 Å². The molecule has 6 nitrogen and oxygen atoms in total. The second-order valence-electron chi connectivity index (χ2n) is 4.01. The molecule has 0 aliphatic carbocycles. The zero-order chi connectivity index (χ0) is 15.2. The minimum Gasteiger partial charge on any atom is -0.308 e. The van der Waals surface area contributed by atoms with Crippen LogP contribution < -0.4 is 15.4 Å². The predicted octanol–water partition coefficient (Wildman–Crippen LogP) is 2.41. The predicted molar refractivity (Wildman–Crippen MR) is 79.4 cm³/mol. The fourth-order valence-electron chi connectivity index (χ4n) is 1.58. The highest BCUT2D eigenvalue weighted by Gasteiger charge is 2.06. The van der Waals surface area contributed by atoms with Gasteiger partial charge in [0.05, 0.1) is 5.69 Å². The van der Waals surface area contributed by atoms with Gasteiger partial charge in [-0.05, 0) is 36.4 Å². The van der Waals surface area contributed by atoms with Crippen molar-refractivity contribution >= 4 is 34.0 Å². The van der Waals surface area contributed by atoms with Crippen LogP contribution in [-0.2, 0) is 10.9 Å². The van der Waals surface area contributed by atoms with Crippen molar-refractivity contribution in [3.63, 3.8) is 0 Å². The summed E-state index contributed by atoms with van der Waals surface area (Å²) >= 11 is 0. The molecule has 0 unspecified atom stereocenters. The zero-order valence-electron chi connectivity index (χ0n) is 10.7. The van der Waals surface area contributed by atoms with Gasteiger partial charge in [-0.15, -0.1) is 0 Å². The molecule has 21 heavy (non-hydrogen) atoms. The molecule has 0 heterocycles. The molecule has 0 saturated heterocycles. The first kappa shape index (κ1) is 14.8. The Morgan fingerprint density at radius 1 is 0.905 bits per heavy atom. The third kappa shape index (κ3) is 4.46. The van der Waals surface area contributed by atoms with Crippen LogP contribution in [0.3, 0.4) is 0 Å². The zero-order valence-corrected chi connectivity index (χ0v) is 11.6. The average Bonchev–Trinajstić information content (AvgIpc) is 2.43. The van der Waals surface area contributed by atoms with E-state index in [-0.39, 0.29) is 5.69 Å². The maximum Gasteiger partial charge on any atom is 0.323 e. The minimum absolute atomic E-state index is 0.0663. The van der Waals surface area contributed by atoms with Crippen molar-refractivity contribution in [2.24, 2.45) is 0 Å². The monoisotopic (exact) mass is 309 g/mol. The van der Waals surface area contributed by atoms with Crippen LogP contribution in [0.2, 0.25) is 0 Å². The highest BCUT2D eigenvalue weighted by atomic mass is 32.2. The Hall–Kier alpha value is -2.61. The third-order valence-corrected chi connectivity index (χ3v) is 2.93. The highest BCUT2D eigenvalue weighted by molar-refractivity contribution is 7.73. The largest absolute Gasteiger partial charge is 0.323 e. The summed E-state index contributed by atoms with van der Waals surface area (Å²) in [7, 11) is -2.73. The Bertz CT molecular complexity index is 709. The van der Waals surface area contributed by atoms with Crippen LogP contribution in [-0.4, -0.2) is 14.4 Å². The summed E-state index contributed by atoms with van der Waals surface area (Å²) in [4.78, 5) is 11.7. The standard InChI is InChI=1S/C13H12FN3O3S/c14-11-3-1-2-4-12(11)16-13(18)15-9-5-7-10(8-6-9)17-21(19)20/h1-8,21H,(H2,15,16,18)(H,17,19,20). The van der Waals surface area contributed by atoms with E-state index in [2.05, 4.69) is 15.4 Å². The fourth-order valence-corrected chi connectivity index (χ4v) is 1.94. The van der Waals surface area contributed by atoms with Crippen molar-refractivity contribution in [1.82, 2.24) is 0 Å². The molecule has 2 amide bonds. The second-order valence-corrected chi connectivity index (χ2v) is 4.74. The summed E-state index contributed by atoms with van der Waals surface area (Å²) in [5.41, 5.74) is 0.887. The smallest absolute Gasteiger partial charge is 0.308 e. The van der Waals surface area contributed by atoms with Crippen LogP contribution in [0.15, 0.2) is 48.5 Å². The Kier molecular flexibility index (Phi) is 4.72. The number of urea groups is 1. The maximum absolute atomic E-state index is 13.4. The topological polar surface area (TPSA) is 87.3 Å². The molecule has 0 atom stereocenters. The van der Waals surface area contributed by atoms with E-state index in [1.54, 1.807) is 6.07 Å². The van der Waals surface area contributed by atoms with Gasteiger partial charge in [0.2, 0.25) is 10.9 Å². The Balaban J connectivity index is 1.98. The summed E-state index contributed by atoms with van der Waals surface area (Å²) in [5, 5.41) is 4.87. The molecule has 0 aromatic heterocycles. The number of thiol groups is 1. The molecule has 2 aromatic carbocycles. The van der Waals surface area contributed by atoms with Gasteiger partial charge in [-0.3, -0.25) is 4.72 Å². The number of hydrogen-bond acceptors (Lipinski definition) is 3. The lowest BCUT2D eigenvalue weighted by Crippen LogP contribution is -2.20. The van der Waals surface area contributed by atoms with Crippen molar-refractivity contribution in [2.75, 3.05) is 15.4 Å². The Labute approximate surface area is 122 Å². The fraction of sp³-hybridized carbons (Fsp3) is 0. The van der Waals surface area contributed by atoms with Gasteiger partial charge < -0.3 is 10.6 Å². The number of nitrogens with one attached hydrogen (secondary N) is 3. The van der Waals surface area contributed by atoms with E-state index in [0.717, 1.165) is 0 Å².